The Morgan fingerprint density at radius 3 is 2.37 bits per heavy atom. The number of hydrogen-bond donors (Lipinski definition) is 0. The molecule has 1 saturated carbocycles. The van der Waals surface area contributed by atoms with Gasteiger partial charge in [-0.05, 0) is 37.1 Å². The highest BCUT2D eigenvalue weighted by atomic mass is 32.2. The van der Waals surface area contributed by atoms with E-state index >= 15 is 0 Å². The van der Waals surface area contributed by atoms with Crippen LogP contribution in [0.1, 0.15) is 38.0 Å². The summed E-state index contributed by atoms with van der Waals surface area (Å²) in [6.07, 6.45) is 1.21. The summed E-state index contributed by atoms with van der Waals surface area (Å²) in [6, 6.07) is 5.73. The summed E-state index contributed by atoms with van der Waals surface area (Å²) < 4.78 is 58.6. The van der Waals surface area contributed by atoms with E-state index in [1.807, 2.05) is 0 Å². The lowest BCUT2D eigenvalue weighted by atomic mass is 9.89. The van der Waals surface area contributed by atoms with Gasteiger partial charge in [0, 0.05) is 22.6 Å². The van der Waals surface area contributed by atoms with Gasteiger partial charge in [0.25, 0.3) is 5.91 Å². The number of aromatic nitrogens is 2. The molecule has 0 N–H and O–H groups in total. The Morgan fingerprint density at radius 1 is 1.19 bits per heavy atom. The molecule has 0 radical (unpaired) electrons. The molecule has 2 aromatic rings. The maximum Gasteiger partial charge on any atom is 0.471 e. The van der Waals surface area contributed by atoms with Gasteiger partial charge in [-0.15, -0.1) is 0 Å². The number of hydrogen-bond acceptors (Lipinski definition) is 5. The predicted molar refractivity (Wildman–Crippen MR) is 91.1 cm³/mol. The number of carbonyl (C=O) groups excluding carboxylic acids is 1. The number of nitrogens with zero attached hydrogens (tertiary/aromatic N) is 3. The highest BCUT2D eigenvalue weighted by Gasteiger charge is 2.38. The number of carbonyl (C=O) groups is 1. The van der Waals surface area contributed by atoms with E-state index in [-0.39, 0.29) is 23.2 Å². The van der Waals surface area contributed by atoms with Crippen LogP contribution in [0.5, 0.6) is 0 Å². The second-order valence-electron chi connectivity index (χ2n) is 6.51. The number of halogens is 3. The number of amides is 1. The minimum atomic E-state index is -4.72. The van der Waals surface area contributed by atoms with E-state index in [2.05, 4.69) is 19.0 Å². The molecule has 1 aromatic carbocycles. The van der Waals surface area contributed by atoms with Crippen molar-refractivity contribution in [2.45, 2.75) is 43.2 Å². The number of rotatable bonds is 3. The van der Waals surface area contributed by atoms with Crippen LogP contribution in [0.25, 0.3) is 11.4 Å². The number of alkyl halides is 3. The van der Waals surface area contributed by atoms with E-state index in [0.717, 1.165) is 32.1 Å². The zero-order chi connectivity index (χ0) is 19.7. The van der Waals surface area contributed by atoms with E-state index in [9.17, 15) is 22.2 Å². The summed E-state index contributed by atoms with van der Waals surface area (Å²) in [6.45, 7) is 0. The first kappa shape index (κ1) is 19.5. The first-order valence-electron chi connectivity index (χ1n) is 8.44. The summed E-state index contributed by atoms with van der Waals surface area (Å²) in [5, 5.41) is 3.30. The third-order valence-corrected chi connectivity index (χ3v) is 6.11. The van der Waals surface area contributed by atoms with Crippen molar-refractivity contribution in [2.75, 3.05) is 6.26 Å². The van der Waals surface area contributed by atoms with Gasteiger partial charge in [0.05, 0.1) is 9.73 Å². The van der Waals surface area contributed by atoms with Crippen LogP contribution in [0.15, 0.2) is 38.0 Å². The van der Waals surface area contributed by atoms with E-state index < -0.39 is 21.8 Å². The maximum absolute atomic E-state index is 12.8. The summed E-state index contributed by atoms with van der Waals surface area (Å²) in [5.41, 5.74) is 0.270. The fraction of sp³-hybridized carbons (Fsp3) is 0.471. The third-order valence-electron chi connectivity index (χ3n) is 4.44. The molecular weight excluding hydrogens is 383 g/mol. The van der Waals surface area contributed by atoms with Gasteiger partial charge < -0.3 is 4.52 Å². The largest absolute Gasteiger partial charge is 0.471 e. The first-order valence-corrected chi connectivity index (χ1v) is 10.4. The molecule has 146 valence electrons. The van der Waals surface area contributed by atoms with E-state index in [1.54, 1.807) is 0 Å². The Balaban J connectivity index is 1.81. The predicted octanol–water partition coefficient (Wildman–Crippen LogP) is 4.32. The zero-order valence-corrected chi connectivity index (χ0v) is 15.3. The van der Waals surface area contributed by atoms with Crippen molar-refractivity contribution in [3.05, 3.63) is 30.2 Å². The zero-order valence-electron chi connectivity index (χ0n) is 14.5. The molecule has 1 unspecified atom stereocenters. The highest BCUT2D eigenvalue weighted by Crippen LogP contribution is 2.30. The number of benzene rings is 1. The van der Waals surface area contributed by atoms with E-state index in [1.165, 1.54) is 30.5 Å². The molecule has 0 aliphatic heterocycles. The fourth-order valence-electron chi connectivity index (χ4n) is 2.96. The molecule has 1 aliphatic rings. The van der Waals surface area contributed by atoms with Crippen molar-refractivity contribution < 1.29 is 26.7 Å². The van der Waals surface area contributed by atoms with Crippen molar-refractivity contribution >= 4 is 15.6 Å². The van der Waals surface area contributed by atoms with Gasteiger partial charge in [-0.25, -0.2) is 4.21 Å². The Kier molecular flexibility index (Phi) is 5.36. The normalized spacial score (nSPS) is 18.1. The Morgan fingerprint density at radius 2 is 1.81 bits per heavy atom. The van der Waals surface area contributed by atoms with Crippen molar-refractivity contribution in [1.82, 2.24) is 10.1 Å². The molecule has 1 fully saturated rings. The van der Waals surface area contributed by atoms with Crippen LogP contribution in [0.2, 0.25) is 0 Å². The van der Waals surface area contributed by atoms with Crippen LogP contribution < -0.4 is 0 Å². The summed E-state index contributed by atoms with van der Waals surface area (Å²) >= 11 is 0. The van der Waals surface area contributed by atoms with Crippen molar-refractivity contribution in [2.24, 2.45) is 10.3 Å². The Bertz CT molecular complexity index is 938. The lowest BCUT2D eigenvalue weighted by molar-refractivity contribution is -0.159. The van der Waals surface area contributed by atoms with Crippen LogP contribution in [-0.4, -0.2) is 26.5 Å². The highest BCUT2D eigenvalue weighted by molar-refractivity contribution is 7.93. The van der Waals surface area contributed by atoms with Crippen LogP contribution in [0.3, 0.4) is 0 Å². The SMILES string of the molecule is CS(=O)(=NC(=O)C1CCCCC1)c1ccc(-c2noc(C(F)(F)F)n2)cc1. The van der Waals surface area contributed by atoms with E-state index in [0.29, 0.717) is 4.90 Å². The van der Waals surface area contributed by atoms with Crippen LogP contribution >= 0.6 is 0 Å². The smallest absolute Gasteiger partial charge is 0.329 e. The lowest BCUT2D eigenvalue weighted by Crippen LogP contribution is -2.17. The molecule has 1 amide bonds. The van der Waals surface area contributed by atoms with Gasteiger partial charge in [-0.3, -0.25) is 4.79 Å². The summed E-state index contributed by atoms with van der Waals surface area (Å²) in [5.74, 6) is -2.20. The molecular formula is C17H18F3N3O3S. The van der Waals surface area contributed by atoms with E-state index in [4.69, 9.17) is 0 Å². The molecule has 0 saturated heterocycles. The summed E-state index contributed by atoms with van der Waals surface area (Å²) in [4.78, 5) is 15.9. The van der Waals surface area contributed by atoms with Crippen molar-refractivity contribution in [3.63, 3.8) is 0 Å². The van der Waals surface area contributed by atoms with Gasteiger partial charge in [0.1, 0.15) is 0 Å². The molecule has 3 rings (SSSR count). The second kappa shape index (κ2) is 7.41. The summed E-state index contributed by atoms with van der Waals surface area (Å²) in [7, 11) is -2.94. The minimum absolute atomic E-state index is 0.182. The topological polar surface area (TPSA) is 85.4 Å². The van der Waals surface area contributed by atoms with Crippen LogP contribution in [0, 0.1) is 5.92 Å². The molecule has 1 atom stereocenters. The molecule has 1 aromatic heterocycles. The second-order valence-corrected chi connectivity index (χ2v) is 8.77. The fourth-order valence-corrected chi connectivity index (χ4v) is 4.20. The van der Waals surface area contributed by atoms with Gasteiger partial charge in [-0.1, -0.05) is 24.4 Å². The molecule has 6 nitrogen and oxygen atoms in total. The molecule has 1 heterocycles. The lowest BCUT2D eigenvalue weighted by Gasteiger charge is -2.18. The third kappa shape index (κ3) is 4.55. The molecule has 0 bridgehead atoms. The van der Waals surface area contributed by atoms with Crippen molar-refractivity contribution in [1.29, 1.82) is 0 Å². The minimum Gasteiger partial charge on any atom is -0.329 e. The van der Waals surface area contributed by atoms with Gasteiger partial charge >= 0.3 is 12.1 Å². The first-order chi connectivity index (χ1) is 12.7. The van der Waals surface area contributed by atoms with Gasteiger partial charge in [0.15, 0.2) is 0 Å². The molecule has 0 spiro atoms. The van der Waals surface area contributed by atoms with Crippen LogP contribution in [-0.2, 0) is 20.7 Å². The molecule has 10 heteroatoms. The maximum atomic E-state index is 12.8. The van der Waals surface area contributed by atoms with Crippen LogP contribution in [0.4, 0.5) is 13.2 Å². The molecule has 27 heavy (non-hydrogen) atoms. The monoisotopic (exact) mass is 401 g/mol. The average molecular weight is 401 g/mol. The molecule has 1 aliphatic carbocycles. The van der Waals surface area contributed by atoms with Gasteiger partial charge in [0.2, 0.25) is 5.82 Å². The quantitative estimate of drug-likeness (QED) is 0.765. The Labute approximate surface area is 154 Å². The van der Waals surface area contributed by atoms with Gasteiger partial charge in [-0.2, -0.15) is 22.5 Å². The Hall–Kier alpha value is -2.23. The van der Waals surface area contributed by atoms with Crippen molar-refractivity contribution in [3.8, 4) is 11.4 Å². The average Bonchev–Trinajstić information content (AvgIpc) is 3.13. The standard InChI is InChI=1S/C17H18F3N3O3S/c1-27(25,23-15(24)12-5-3-2-4-6-12)13-9-7-11(8-10-13)14-21-16(26-22-14)17(18,19)20/h7-10,12H,2-6H2,1H3.